The van der Waals surface area contributed by atoms with Crippen LogP contribution in [0.15, 0.2) is 36.5 Å². The number of carbonyl (C=O) groups excluding carboxylic acids is 1. The summed E-state index contributed by atoms with van der Waals surface area (Å²) in [5.41, 5.74) is 8.80. The van der Waals surface area contributed by atoms with Crippen molar-refractivity contribution in [2.45, 2.75) is 37.8 Å². The molecule has 2 aliphatic rings. The van der Waals surface area contributed by atoms with Gasteiger partial charge in [0.05, 0.1) is 12.0 Å². The normalized spacial score (nSPS) is 17.6. The summed E-state index contributed by atoms with van der Waals surface area (Å²) in [4.78, 5) is 21.6. The van der Waals surface area contributed by atoms with Gasteiger partial charge >= 0.3 is 0 Å². The Morgan fingerprint density at radius 1 is 1.25 bits per heavy atom. The van der Waals surface area contributed by atoms with Gasteiger partial charge in [0.15, 0.2) is 0 Å². The predicted octanol–water partition coefficient (Wildman–Crippen LogP) is 3.31. The third-order valence-electron chi connectivity index (χ3n) is 5.88. The zero-order valence-electron chi connectivity index (χ0n) is 15.8. The SMILES string of the molecule is COCc1ccc(NC(=O)c2nc(N)c3ccn(C4(C5CC5)CC4)c3n2)cc1. The van der Waals surface area contributed by atoms with Gasteiger partial charge in [0.1, 0.15) is 11.5 Å². The quantitative estimate of drug-likeness (QED) is 0.687. The zero-order valence-corrected chi connectivity index (χ0v) is 15.8. The Bertz CT molecular complexity index is 1050. The summed E-state index contributed by atoms with van der Waals surface area (Å²) in [7, 11) is 1.65. The number of anilines is 2. The minimum atomic E-state index is -0.364. The molecule has 3 N–H and O–H groups in total. The molecule has 5 rings (SSSR count). The van der Waals surface area contributed by atoms with E-state index in [0.29, 0.717) is 18.1 Å². The Hall–Kier alpha value is -2.93. The second-order valence-corrected chi connectivity index (χ2v) is 7.82. The fraction of sp³-hybridized carbons (Fsp3) is 0.381. The molecule has 2 aliphatic carbocycles. The van der Waals surface area contributed by atoms with Crippen LogP contribution in [0.1, 0.15) is 41.9 Å². The summed E-state index contributed by atoms with van der Waals surface area (Å²) in [5.74, 6) is 0.799. The molecular weight excluding hydrogens is 354 g/mol. The first-order valence-electron chi connectivity index (χ1n) is 9.65. The number of benzene rings is 1. The van der Waals surface area contributed by atoms with Gasteiger partial charge in [-0.1, -0.05) is 12.1 Å². The first kappa shape index (κ1) is 17.2. The maximum Gasteiger partial charge on any atom is 0.293 e. The second kappa shape index (κ2) is 6.31. The molecule has 28 heavy (non-hydrogen) atoms. The van der Waals surface area contributed by atoms with Crippen LogP contribution in [0, 0.1) is 5.92 Å². The smallest absolute Gasteiger partial charge is 0.293 e. The first-order chi connectivity index (χ1) is 13.6. The standard InChI is InChI=1S/C21H23N5O2/c1-28-12-13-2-6-15(7-3-13)23-20(27)18-24-17(22)16-8-11-26(19(16)25-18)21(9-10-21)14-4-5-14/h2-3,6-8,11,14H,4-5,9-10,12H2,1H3,(H,23,27)(H2,22,24,25). The lowest BCUT2D eigenvalue weighted by Crippen LogP contribution is -2.21. The van der Waals surface area contributed by atoms with E-state index in [0.717, 1.165) is 22.5 Å². The molecule has 0 aliphatic heterocycles. The van der Waals surface area contributed by atoms with Crippen molar-refractivity contribution in [1.82, 2.24) is 14.5 Å². The lowest BCUT2D eigenvalue weighted by atomic mass is 10.1. The van der Waals surface area contributed by atoms with Crippen LogP contribution >= 0.6 is 0 Å². The van der Waals surface area contributed by atoms with Crippen LogP contribution in [0.25, 0.3) is 11.0 Å². The van der Waals surface area contributed by atoms with Crippen LogP contribution in [0.4, 0.5) is 11.5 Å². The summed E-state index contributed by atoms with van der Waals surface area (Å²) in [6, 6.07) is 9.46. The molecule has 2 aromatic heterocycles. The van der Waals surface area contributed by atoms with Gasteiger partial charge in [0, 0.05) is 24.5 Å². The van der Waals surface area contributed by atoms with Crippen molar-refractivity contribution >= 4 is 28.4 Å². The molecule has 1 aromatic carbocycles. The molecule has 0 radical (unpaired) electrons. The number of methoxy groups -OCH3 is 1. The van der Waals surface area contributed by atoms with Gasteiger partial charge in [-0.25, -0.2) is 9.97 Å². The number of fused-ring (bicyclic) bond motifs is 1. The van der Waals surface area contributed by atoms with Crippen molar-refractivity contribution in [3.63, 3.8) is 0 Å². The predicted molar refractivity (Wildman–Crippen MR) is 107 cm³/mol. The summed E-state index contributed by atoms with van der Waals surface area (Å²) in [5, 5.41) is 3.66. The van der Waals surface area contributed by atoms with Crippen LogP contribution in [0.3, 0.4) is 0 Å². The highest BCUT2D eigenvalue weighted by molar-refractivity contribution is 6.03. The number of carbonyl (C=O) groups is 1. The number of amides is 1. The van der Waals surface area contributed by atoms with E-state index in [1.807, 2.05) is 30.3 Å². The van der Waals surface area contributed by atoms with Crippen molar-refractivity contribution in [2.24, 2.45) is 5.92 Å². The maximum atomic E-state index is 12.7. The number of nitrogens with one attached hydrogen (secondary N) is 1. The van der Waals surface area contributed by atoms with Crippen molar-refractivity contribution in [3.8, 4) is 0 Å². The molecule has 7 heteroatoms. The summed E-state index contributed by atoms with van der Waals surface area (Å²) < 4.78 is 7.34. The van der Waals surface area contributed by atoms with E-state index in [4.69, 9.17) is 10.5 Å². The monoisotopic (exact) mass is 377 g/mol. The molecule has 1 amide bonds. The molecule has 7 nitrogen and oxygen atoms in total. The molecule has 0 saturated heterocycles. The Labute approximate surface area is 162 Å². The van der Waals surface area contributed by atoms with Gasteiger partial charge in [-0.15, -0.1) is 0 Å². The minimum Gasteiger partial charge on any atom is -0.383 e. The fourth-order valence-corrected chi connectivity index (χ4v) is 4.13. The summed E-state index contributed by atoms with van der Waals surface area (Å²) in [6.45, 7) is 0.532. The lowest BCUT2D eigenvalue weighted by Gasteiger charge is -2.18. The van der Waals surface area contributed by atoms with Crippen molar-refractivity contribution < 1.29 is 9.53 Å². The molecule has 144 valence electrons. The van der Waals surface area contributed by atoms with E-state index in [-0.39, 0.29) is 17.3 Å². The molecular formula is C21H23N5O2. The van der Waals surface area contributed by atoms with Crippen molar-refractivity contribution in [1.29, 1.82) is 0 Å². The topological polar surface area (TPSA) is 95.1 Å². The lowest BCUT2D eigenvalue weighted by molar-refractivity contribution is 0.101. The van der Waals surface area contributed by atoms with Gasteiger partial charge in [0.25, 0.3) is 5.91 Å². The Kier molecular flexibility index (Phi) is 3.87. The average molecular weight is 377 g/mol. The number of hydrogen-bond acceptors (Lipinski definition) is 5. The highest BCUT2D eigenvalue weighted by atomic mass is 16.5. The minimum absolute atomic E-state index is 0.0949. The van der Waals surface area contributed by atoms with Crippen LogP contribution in [-0.2, 0) is 16.9 Å². The third kappa shape index (κ3) is 2.82. The summed E-state index contributed by atoms with van der Waals surface area (Å²) >= 11 is 0. The van der Waals surface area contributed by atoms with Crippen LogP contribution in [0.5, 0.6) is 0 Å². The van der Waals surface area contributed by atoms with Crippen LogP contribution in [-0.4, -0.2) is 27.6 Å². The maximum absolute atomic E-state index is 12.7. The van der Waals surface area contributed by atoms with E-state index in [1.165, 1.54) is 25.7 Å². The van der Waals surface area contributed by atoms with Gasteiger partial charge in [-0.2, -0.15) is 0 Å². The van der Waals surface area contributed by atoms with E-state index in [1.54, 1.807) is 7.11 Å². The number of rotatable bonds is 6. The van der Waals surface area contributed by atoms with E-state index >= 15 is 0 Å². The van der Waals surface area contributed by atoms with Gasteiger partial charge in [-0.05, 0) is 55.4 Å². The molecule has 3 aromatic rings. The fourth-order valence-electron chi connectivity index (χ4n) is 4.13. The van der Waals surface area contributed by atoms with Crippen LogP contribution < -0.4 is 11.1 Å². The summed E-state index contributed by atoms with van der Waals surface area (Å²) in [6.07, 6.45) is 6.93. The molecule has 0 atom stereocenters. The highest BCUT2D eigenvalue weighted by Crippen LogP contribution is 2.60. The first-order valence-corrected chi connectivity index (χ1v) is 9.65. The number of aromatic nitrogens is 3. The molecule has 2 saturated carbocycles. The largest absolute Gasteiger partial charge is 0.383 e. The van der Waals surface area contributed by atoms with Crippen molar-refractivity contribution in [2.75, 3.05) is 18.2 Å². The number of nitrogen functional groups attached to an aromatic ring is 1. The Morgan fingerprint density at radius 3 is 2.64 bits per heavy atom. The van der Waals surface area contributed by atoms with E-state index < -0.39 is 0 Å². The van der Waals surface area contributed by atoms with Crippen LogP contribution in [0.2, 0.25) is 0 Å². The molecule has 0 spiro atoms. The average Bonchev–Trinajstić information content (AvgIpc) is 3.60. The van der Waals surface area contributed by atoms with Gasteiger partial charge < -0.3 is 20.4 Å². The molecule has 2 fully saturated rings. The Morgan fingerprint density at radius 2 is 2.00 bits per heavy atom. The highest BCUT2D eigenvalue weighted by Gasteiger charge is 2.55. The third-order valence-corrected chi connectivity index (χ3v) is 5.88. The number of hydrogen-bond donors (Lipinski definition) is 2. The van der Waals surface area contributed by atoms with E-state index in [9.17, 15) is 4.79 Å². The van der Waals surface area contributed by atoms with Crippen molar-refractivity contribution in [3.05, 3.63) is 47.9 Å². The number of nitrogens with two attached hydrogens (primary N) is 1. The van der Waals surface area contributed by atoms with Gasteiger partial charge in [0.2, 0.25) is 5.82 Å². The molecule has 0 bridgehead atoms. The zero-order chi connectivity index (χ0) is 19.3. The number of nitrogens with zero attached hydrogens (tertiary/aromatic N) is 3. The second-order valence-electron chi connectivity index (χ2n) is 7.82. The van der Waals surface area contributed by atoms with E-state index in [2.05, 4.69) is 26.0 Å². The van der Waals surface area contributed by atoms with Gasteiger partial charge in [-0.3, -0.25) is 4.79 Å². The number of ether oxygens (including phenoxy) is 1. The molecule has 0 unspecified atom stereocenters. The Balaban J connectivity index is 1.44. The molecule has 2 heterocycles.